The maximum Gasteiger partial charge on any atom is 0.296 e. The van der Waals surface area contributed by atoms with Crippen LogP contribution in [0.15, 0.2) is 76.1 Å². The van der Waals surface area contributed by atoms with Gasteiger partial charge in [0.05, 0.1) is 17.0 Å². The van der Waals surface area contributed by atoms with Crippen LogP contribution in [0.5, 0.6) is 0 Å². The number of hydrogen-bond acceptors (Lipinski definition) is 4. The Kier molecular flexibility index (Phi) is 4.52. The molecule has 0 bridgehead atoms. The summed E-state index contributed by atoms with van der Waals surface area (Å²) in [6.07, 6.45) is 1.72. The number of benzene rings is 2. The topological polar surface area (TPSA) is 63.4 Å². The molecule has 1 atom stereocenters. The van der Waals surface area contributed by atoms with Gasteiger partial charge in [-0.15, -0.1) is 0 Å². The number of hydrogen-bond donors (Lipinski definition) is 0. The summed E-state index contributed by atoms with van der Waals surface area (Å²) < 4.78 is 5.98. The normalized spacial score (nSPS) is 15.9. The lowest BCUT2D eigenvalue weighted by Gasteiger charge is -2.25. The van der Waals surface area contributed by atoms with Gasteiger partial charge in [0.25, 0.3) is 5.91 Å². The molecular formula is C27H24N2O3. The molecule has 5 nitrogen and oxygen atoms in total. The number of pyridine rings is 1. The molecule has 0 fully saturated rings. The molecule has 5 heteroatoms. The minimum Gasteiger partial charge on any atom is -0.450 e. The van der Waals surface area contributed by atoms with Gasteiger partial charge in [0.15, 0.2) is 5.43 Å². The van der Waals surface area contributed by atoms with Crippen LogP contribution < -0.4 is 10.3 Å². The number of amides is 1. The molecule has 1 unspecified atom stereocenters. The van der Waals surface area contributed by atoms with Gasteiger partial charge in [0, 0.05) is 6.20 Å². The van der Waals surface area contributed by atoms with Crippen LogP contribution >= 0.6 is 0 Å². The van der Waals surface area contributed by atoms with Gasteiger partial charge in [-0.1, -0.05) is 63.2 Å². The van der Waals surface area contributed by atoms with Crippen LogP contribution in [0.25, 0.3) is 11.0 Å². The van der Waals surface area contributed by atoms with E-state index >= 15 is 0 Å². The van der Waals surface area contributed by atoms with E-state index in [4.69, 9.17) is 4.42 Å². The van der Waals surface area contributed by atoms with Crippen LogP contribution in [0.1, 0.15) is 59.6 Å². The highest BCUT2D eigenvalue weighted by Gasteiger charge is 2.44. The van der Waals surface area contributed by atoms with Crippen molar-refractivity contribution in [2.24, 2.45) is 0 Å². The maximum atomic E-state index is 13.5. The zero-order valence-electron chi connectivity index (χ0n) is 18.5. The van der Waals surface area contributed by atoms with E-state index in [1.54, 1.807) is 41.4 Å². The van der Waals surface area contributed by atoms with Gasteiger partial charge in [-0.2, -0.15) is 0 Å². The largest absolute Gasteiger partial charge is 0.450 e. The number of nitrogens with zero attached hydrogens (tertiary/aromatic N) is 2. The molecule has 0 saturated heterocycles. The summed E-state index contributed by atoms with van der Waals surface area (Å²) in [4.78, 5) is 33.1. The van der Waals surface area contributed by atoms with Crippen LogP contribution in [0.4, 0.5) is 5.82 Å². The van der Waals surface area contributed by atoms with E-state index in [1.165, 1.54) is 5.56 Å². The molecule has 0 N–H and O–H groups in total. The highest BCUT2D eigenvalue weighted by Crippen LogP contribution is 2.41. The van der Waals surface area contributed by atoms with Crippen molar-refractivity contribution in [1.82, 2.24) is 4.98 Å². The Morgan fingerprint density at radius 2 is 1.66 bits per heavy atom. The van der Waals surface area contributed by atoms with Crippen molar-refractivity contribution in [2.45, 2.75) is 39.2 Å². The van der Waals surface area contributed by atoms with E-state index in [9.17, 15) is 9.59 Å². The summed E-state index contributed by atoms with van der Waals surface area (Å²) in [6, 6.07) is 18.2. The Morgan fingerprint density at radius 3 is 2.31 bits per heavy atom. The number of aromatic nitrogens is 1. The fourth-order valence-corrected chi connectivity index (χ4v) is 4.24. The Labute approximate surface area is 186 Å². The Balaban J connectivity index is 1.76. The average molecular weight is 425 g/mol. The van der Waals surface area contributed by atoms with Gasteiger partial charge in [0.1, 0.15) is 11.4 Å². The molecular weight excluding hydrogens is 400 g/mol. The molecule has 160 valence electrons. The second kappa shape index (κ2) is 7.16. The van der Waals surface area contributed by atoms with Crippen LogP contribution in [0, 0.1) is 6.92 Å². The van der Waals surface area contributed by atoms with E-state index in [1.807, 2.05) is 25.1 Å². The quantitative estimate of drug-likeness (QED) is 0.424. The van der Waals surface area contributed by atoms with E-state index in [-0.39, 0.29) is 22.5 Å². The predicted octanol–water partition coefficient (Wildman–Crippen LogP) is 5.54. The third-order valence-corrected chi connectivity index (χ3v) is 6.01. The van der Waals surface area contributed by atoms with Gasteiger partial charge >= 0.3 is 0 Å². The SMILES string of the molecule is Cc1ccc(N2C(=O)c3oc4ccccc4c(=O)c3C2c2ccc(C(C)(C)C)cc2)nc1. The first-order valence-electron chi connectivity index (χ1n) is 10.7. The molecule has 0 saturated carbocycles. The van der Waals surface area contributed by atoms with Crippen LogP contribution in [0.3, 0.4) is 0 Å². The Hall–Kier alpha value is -3.73. The van der Waals surface area contributed by atoms with E-state index in [0.29, 0.717) is 22.4 Å². The fraction of sp³-hybridized carbons (Fsp3) is 0.222. The molecule has 32 heavy (non-hydrogen) atoms. The van der Waals surface area contributed by atoms with Crippen molar-refractivity contribution >= 4 is 22.7 Å². The summed E-state index contributed by atoms with van der Waals surface area (Å²) in [5.41, 5.74) is 3.59. The van der Waals surface area contributed by atoms with Crippen molar-refractivity contribution in [3.05, 3.63) is 105 Å². The smallest absolute Gasteiger partial charge is 0.296 e. The monoisotopic (exact) mass is 424 g/mol. The fourth-order valence-electron chi connectivity index (χ4n) is 4.24. The zero-order chi connectivity index (χ0) is 22.6. The molecule has 1 aliphatic rings. The van der Waals surface area contributed by atoms with Crippen molar-refractivity contribution in [2.75, 3.05) is 4.90 Å². The number of rotatable bonds is 2. The molecule has 1 aliphatic heterocycles. The zero-order valence-corrected chi connectivity index (χ0v) is 18.5. The molecule has 3 heterocycles. The highest BCUT2D eigenvalue weighted by molar-refractivity contribution is 6.10. The van der Waals surface area contributed by atoms with Crippen LogP contribution in [-0.2, 0) is 5.41 Å². The second-order valence-corrected chi connectivity index (χ2v) is 9.31. The molecule has 5 rings (SSSR count). The molecule has 1 amide bonds. The lowest BCUT2D eigenvalue weighted by Crippen LogP contribution is -2.30. The van der Waals surface area contributed by atoms with E-state index < -0.39 is 6.04 Å². The van der Waals surface area contributed by atoms with Crippen molar-refractivity contribution in [3.63, 3.8) is 0 Å². The Bertz CT molecular complexity index is 1390. The molecule has 0 aliphatic carbocycles. The van der Waals surface area contributed by atoms with Gasteiger partial charge < -0.3 is 4.42 Å². The molecule has 0 radical (unpaired) electrons. The Morgan fingerprint density at radius 1 is 0.938 bits per heavy atom. The van der Waals surface area contributed by atoms with E-state index in [0.717, 1.165) is 11.1 Å². The van der Waals surface area contributed by atoms with E-state index in [2.05, 4.69) is 37.9 Å². The summed E-state index contributed by atoms with van der Waals surface area (Å²) in [5.74, 6) is 0.213. The minimum atomic E-state index is -0.609. The van der Waals surface area contributed by atoms with Gasteiger partial charge in [0.2, 0.25) is 5.76 Å². The lowest BCUT2D eigenvalue weighted by atomic mass is 9.86. The number of para-hydroxylation sites is 1. The van der Waals surface area contributed by atoms with Crippen molar-refractivity contribution < 1.29 is 9.21 Å². The number of carbonyl (C=O) groups excluding carboxylic acids is 1. The molecule has 2 aromatic heterocycles. The summed E-state index contributed by atoms with van der Waals surface area (Å²) in [6.45, 7) is 8.40. The van der Waals surface area contributed by atoms with Crippen molar-refractivity contribution in [3.8, 4) is 0 Å². The first-order chi connectivity index (χ1) is 15.3. The highest BCUT2D eigenvalue weighted by atomic mass is 16.3. The maximum absolute atomic E-state index is 13.5. The molecule has 2 aromatic carbocycles. The van der Waals surface area contributed by atoms with Crippen LogP contribution in [-0.4, -0.2) is 10.9 Å². The molecule has 0 spiro atoms. The van der Waals surface area contributed by atoms with Crippen LogP contribution in [0.2, 0.25) is 0 Å². The van der Waals surface area contributed by atoms with Gasteiger partial charge in [-0.25, -0.2) is 4.98 Å². The first-order valence-corrected chi connectivity index (χ1v) is 10.7. The standard InChI is InChI=1S/C27H24N2O3/c1-16-9-14-21(28-15-16)29-23(17-10-12-18(13-11-17)27(2,3)4)22-24(30)19-7-5-6-8-20(19)32-25(22)26(29)31/h5-15,23H,1-4H3. The third kappa shape index (κ3) is 3.12. The number of fused-ring (bicyclic) bond motifs is 2. The van der Waals surface area contributed by atoms with Crippen molar-refractivity contribution in [1.29, 1.82) is 0 Å². The minimum absolute atomic E-state index is 0.00460. The molecule has 4 aromatic rings. The lowest BCUT2D eigenvalue weighted by molar-refractivity contribution is 0.0970. The predicted molar refractivity (Wildman–Crippen MR) is 125 cm³/mol. The summed E-state index contributed by atoms with van der Waals surface area (Å²) in [5, 5.41) is 0.467. The number of aryl methyl sites for hydroxylation is 1. The summed E-state index contributed by atoms with van der Waals surface area (Å²) in [7, 11) is 0. The first kappa shape index (κ1) is 20.2. The number of carbonyl (C=O) groups is 1. The van der Waals surface area contributed by atoms with Gasteiger partial charge in [-0.3, -0.25) is 14.5 Å². The number of anilines is 1. The van der Waals surface area contributed by atoms with Gasteiger partial charge in [-0.05, 0) is 47.2 Å². The second-order valence-electron chi connectivity index (χ2n) is 9.31. The average Bonchev–Trinajstić information content (AvgIpc) is 3.07. The summed E-state index contributed by atoms with van der Waals surface area (Å²) >= 11 is 0. The third-order valence-electron chi connectivity index (χ3n) is 6.01.